The molecule has 1 unspecified atom stereocenters. The van der Waals surface area contributed by atoms with Crippen molar-refractivity contribution in [1.29, 1.82) is 0 Å². The molecule has 0 radical (unpaired) electrons. The number of aromatic nitrogens is 4. The van der Waals surface area contributed by atoms with Crippen LogP contribution in [0.4, 0.5) is 4.39 Å². The highest BCUT2D eigenvalue weighted by molar-refractivity contribution is 5.60. The molecule has 6 heteroatoms. The first-order chi connectivity index (χ1) is 9.15. The van der Waals surface area contributed by atoms with Gasteiger partial charge in [-0.1, -0.05) is 0 Å². The average molecular weight is 257 g/mol. The van der Waals surface area contributed by atoms with E-state index in [2.05, 4.69) is 15.3 Å². The molecule has 0 saturated heterocycles. The summed E-state index contributed by atoms with van der Waals surface area (Å²) >= 11 is 0. The third-order valence-electron chi connectivity index (χ3n) is 2.83. The van der Waals surface area contributed by atoms with E-state index >= 15 is 0 Å². The molecule has 96 valence electrons. The normalized spacial score (nSPS) is 12.8. The molecule has 2 heterocycles. The first-order valence-electron chi connectivity index (χ1n) is 5.89. The molecule has 0 amide bonds. The maximum absolute atomic E-state index is 12.9. The zero-order valence-electron chi connectivity index (χ0n) is 10.3. The van der Waals surface area contributed by atoms with Crippen molar-refractivity contribution in [1.82, 2.24) is 19.8 Å². The van der Waals surface area contributed by atoms with Gasteiger partial charge in [0.2, 0.25) is 0 Å². The summed E-state index contributed by atoms with van der Waals surface area (Å²) in [4.78, 5) is 0. The maximum atomic E-state index is 12.9. The van der Waals surface area contributed by atoms with Gasteiger partial charge in [-0.3, -0.25) is 0 Å². The fourth-order valence-electron chi connectivity index (χ4n) is 1.86. The predicted molar refractivity (Wildman–Crippen MR) is 68.8 cm³/mol. The molecule has 0 aliphatic carbocycles. The molecule has 0 aliphatic rings. The number of benzene rings is 1. The van der Waals surface area contributed by atoms with E-state index in [-0.39, 0.29) is 11.9 Å². The Hall–Kier alpha value is -2.34. The standard InChI is InChI=1S/C13H12FN5/c1-8(15)13-17-16-12-7-6-11(18-19(12)13)9-2-4-10(14)5-3-9/h2-8H,15H2,1H3. The van der Waals surface area contributed by atoms with Crippen molar-refractivity contribution in [3.05, 3.63) is 48.0 Å². The summed E-state index contributed by atoms with van der Waals surface area (Å²) in [5.74, 6) is 0.323. The summed E-state index contributed by atoms with van der Waals surface area (Å²) < 4.78 is 14.5. The number of fused-ring (bicyclic) bond motifs is 1. The van der Waals surface area contributed by atoms with E-state index in [9.17, 15) is 4.39 Å². The molecule has 0 aliphatic heterocycles. The predicted octanol–water partition coefficient (Wildman–Crippen LogP) is 1.95. The molecular weight excluding hydrogens is 245 g/mol. The van der Waals surface area contributed by atoms with Crippen LogP contribution in [0.5, 0.6) is 0 Å². The SMILES string of the molecule is CC(N)c1nnc2ccc(-c3ccc(F)cc3)nn12. The number of rotatable bonds is 2. The van der Waals surface area contributed by atoms with Gasteiger partial charge in [0.25, 0.3) is 0 Å². The van der Waals surface area contributed by atoms with Crippen molar-refractivity contribution in [2.45, 2.75) is 13.0 Å². The van der Waals surface area contributed by atoms with E-state index < -0.39 is 0 Å². The molecule has 3 aromatic rings. The second-order valence-corrected chi connectivity index (χ2v) is 4.34. The van der Waals surface area contributed by atoms with Crippen LogP contribution in [0.25, 0.3) is 16.9 Å². The zero-order chi connectivity index (χ0) is 13.4. The van der Waals surface area contributed by atoms with Crippen LogP contribution < -0.4 is 5.73 Å². The summed E-state index contributed by atoms with van der Waals surface area (Å²) in [6.07, 6.45) is 0. The van der Waals surface area contributed by atoms with Crippen molar-refractivity contribution >= 4 is 5.65 Å². The van der Waals surface area contributed by atoms with Gasteiger partial charge in [-0.05, 0) is 43.3 Å². The highest BCUT2D eigenvalue weighted by atomic mass is 19.1. The number of nitrogens with zero attached hydrogens (tertiary/aromatic N) is 4. The molecule has 2 N–H and O–H groups in total. The Morgan fingerprint density at radius 1 is 1.11 bits per heavy atom. The molecule has 0 saturated carbocycles. The molecule has 1 atom stereocenters. The molecule has 0 spiro atoms. The Balaban J connectivity index is 2.14. The Morgan fingerprint density at radius 2 is 1.84 bits per heavy atom. The third kappa shape index (κ3) is 2.06. The Kier molecular flexibility index (Phi) is 2.72. The van der Waals surface area contributed by atoms with Crippen LogP contribution in [0.2, 0.25) is 0 Å². The number of nitrogens with two attached hydrogens (primary N) is 1. The fourth-order valence-corrected chi connectivity index (χ4v) is 1.86. The van der Waals surface area contributed by atoms with Crippen LogP contribution in [-0.4, -0.2) is 19.8 Å². The van der Waals surface area contributed by atoms with E-state index in [1.807, 2.05) is 19.1 Å². The molecule has 0 bridgehead atoms. The van der Waals surface area contributed by atoms with Gasteiger partial charge in [-0.15, -0.1) is 10.2 Å². The molecule has 19 heavy (non-hydrogen) atoms. The van der Waals surface area contributed by atoms with Crippen LogP contribution in [-0.2, 0) is 0 Å². The summed E-state index contributed by atoms with van der Waals surface area (Å²) in [6.45, 7) is 1.82. The number of hydrogen-bond acceptors (Lipinski definition) is 4. The van der Waals surface area contributed by atoms with Gasteiger partial charge in [0.05, 0.1) is 11.7 Å². The van der Waals surface area contributed by atoms with Crippen LogP contribution in [0, 0.1) is 5.82 Å². The summed E-state index contributed by atoms with van der Waals surface area (Å²) in [6, 6.07) is 9.54. The van der Waals surface area contributed by atoms with Crippen molar-refractivity contribution < 1.29 is 4.39 Å². The summed E-state index contributed by atoms with van der Waals surface area (Å²) in [5.41, 5.74) is 8.00. The lowest BCUT2D eigenvalue weighted by Crippen LogP contribution is -2.11. The Bertz CT molecular complexity index is 717. The van der Waals surface area contributed by atoms with E-state index in [0.717, 1.165) is 5.56 Å². The van der Waals surface area contributed by atoms with Gasteiger partial charge in [-0.25, -0.2) is 4.39 Å². The van der Waals surface area contributed by atoms with Gasteiger partial charge in [0, 0.05) is 5.56 Å². The third-order valence-corrected chi connectivity index (χ3v) is 2.83. The second kappa shape index (κ2) is 4.40. The molecule has 2 aromatic heterocycles. The average Bonchev–Trinajstić information content (AvgIpc) is 2.82. The van der Waals surface area contributed by atoms with Crippen molar-refractivity contribution in [2.24, 2.45) is 5.73 Å². The van der Waals surface area contributed by atoms with Crippen LogP contribution in [0.3, 0.4) is 0 Å². The Morgan fingerprint density at radius 3 is 2.53 bits per heavy atom. The van der Waals surface area contributed by atoms with Gasteiger partial charge in [0.15, 0.2) is 11.5 Å². The monoisotopic (exact) mass is 257 g/mol. The van der Waals surface area contributed by atoms with Crippen molar-refractivity contribution in [3.63, 3.8) is 0 Å². The van der Waals surface area contributed by atoms with Crippen LogP contribution in [0.1, 0.15) is 18.8 Å². The quantitative estimate of drug-likeness (QED) is 0.761. The number of hydrogen-bond donors (Lipinski definition) is 1. The van der Waals surface area contributed by atoms with Gasteiger partial charge >= 0.3 is 0 Å². The molecule has 0 fully saturated rings. The van der Waals surface area contributed by atoms with Crippen molar-refractivity contribution in [2.75, 3.05) is 0 Å². The van der Waals surface area contributed by atoms with Gasteiger partial charge < -0.3 is 5.73 Å². The lowest BCUT2D eigenvalue weighted by atomic mass is 10.1. The van der Waals surface area contributed by atoms with E-state index in [1.165, 1.54) is 12.1 Å². The first kappa shape index (κ1) is 11.7. The van der Waals surface area contributed by atoms with E-state index in [4.69, 9.17) is 5.73 Å². The minimum atomic E-state index is -0.273. The highest BCUT2D eigenvalue weighted by Crippen LogP contribution is 2.18. The summed E-state index contributed by atoms with van der Waals surface area (Å²) in [7, 11) is 0. The summed E-state index contributed by atoms with van der Waals surface area (Å²) in [5, 5.41) is 12.5. The van der Waals surface area contributed by atoms with Gasteiger partial charge in [-0.2, -0.15) is 9.61 Å². The van der Waals surface area contributed by atoms with Gasteiger partial charge in [0.1, 0.15) is 5.82 Å². The Labute approximate surface area is 108 Å². The lowest BCUT2D eigenvalue weighted by Gasteiger charge is -2.04. The molecule has 1 aromatic carbocycles. The zero-order valence-corrected chi connectivity index (χ0v) is 10.3. The fraction of sp³-hybridized carbons (Fsp3) is 0.154. The minimum absolute atomic E-state index is 0.258. The molecule has 5 nitrogen and oxygen atoms in total. The molecule has 3 rings (SSSR count). The molecular formula is C13H12FN5. The minimum Gasteiger partial charge on any atom is -0.321 e. The van der Waals surface area contributed by atoms with E-state index in [1.54, 1.807) is 16.6 Å². The second-order valence-electron chi connectivity index (χ2n) is 4.34. The topological polar surface area (TPSA) is 69.1 Å². The van der Waals surface area contributed by atoms with Crippen LogP contribution in [0.15, 0.2) is 36.4 Å². The maximum Gasteiger partial charge on any atom is 0.178 e. The van der Waals surface area contributed by atoms with Crippen LogP contribution >= 0.6 is 0 Å². The first-order valence-corrected chi connectivity index (χ1v) is 5.89. The number of halogens is 1. The lowest BCUT2D eigenvalue weighted by molar-refractivity contribution is 0.628. The van der Waals surface area contributed by atoms with E-state index in [0.29, 0.717) is 17.2 Å². The highest BCUT2D eigenvalue weighted by Gasteiger charge is 2.11. The van der Waals surface area contributed by atoms with Crippen molar-refractivity contribution in [3.8, 4) is 11.3 Å². The largest absolute Gasteiger partial charge is 0.321 e. The smallest absolute Gasteiger partial charge is 0.178 e.